The fourth-order valence-corrected chi connectivity index (χ4v) is 1.49. The first kappa shape index (κ1) is 13.2. The van der Waals surface area contributed by atoms with Gasteiger partial charge >= 0.3 is 0 Å². The van der Waals surface area contributed by atoms with Crippen molar-refractivity contribution in [3.05, 3.63) is 24.3 Å². The molecule has 13 heavy (non-hydrogen) atoms. The molecule has 0 amide bonds. The van der Waals surface area contributed by atoms with E-state index in [1.807, 2.05) is 0 Å². The van der Waals surface area contributed by atoms with E-state index in [9.17, 15) is 8.42 Å². The summed E-state index contributed by atoms with van der Waals surface area (Å²) in [6.45, 7) is 0. The Balaban J connectivity index is 0.00000144. The van der Waals surface area contributed by atoms with Gasteiger partial charge in [0, 0.05) is 37.7 Å². The summed E-state index contributed by atoms with van der Waals surface area (Å²) in [7, 11) is -2.83. The molecule has 0 aromatic heterocycles. The minimum Gasteiger partial charge on any atom is -0.495 e. The quantitative estimate of drug-likeness (QED) is 0.593. The number of hydrogen-bond donors (Lipinski definition) is 1. The van der Waals surface area contributed by atoms with Crippen LogP contribution in [0.25, 0.3) is 0 Å². The summed E-state index contributed by atoms with van der Waals surface area (Å²) in [4.78, 5) is -0.215. The minimum atomic E-state index is -4.17. The zero-order valence-electron chi connectivity index (χ0n) is 7.10. The summed E-state index contributed by atoms with van der Waals surface area (Å²) in [5, 5.41) is 0. The van der Waals surface area contributed by atoms with Gasteiger partial charge in [0.1, 0.15) is 10.6 Å². The largest absolute Gasteiger partial charge is 0.495 e. The van der Waals surface area contributed by atoms with E-state index >= 15 is 0 Å². The summed E-state index contributed by atoms with van der Waals surface area (Å²) in [5.74, 6) is 0.139. The van der Waals surface area contributed by atoms with Crippen molar-refractivity contribution in [1.29, 1.82) is 0 Å². The minimum absolute atomic E-state index is 0. The van der Waals surface area contributed by atoms with Crippen LogP contribution in [0.2, 0.25) is 0 Å². The van der Waals surface area contributed by atoms with Gasteiger partial charge in [-0.25, -0.2) is 0 Å². The van der Waals surface area contributed by atoms with Crippen LogP contribution in [0.1, 0.15) is 0 Å². The molecule has 1 aromatic rings. The van der Waals surface area contributed by atoms with Crippen molar-refractivity contribution in [1.82, 2.24) is 0 Å². The summed E-state index contributed by atoms with van der Waals surface area (Å²) < 4.78 is 34.8. The number of ether oxygens (including phenoxy) is 1. The van der Waals surface area contributed by atoms with Crippen molar-refractivity contribution < 1.29 is 17.7 Å². The maximum absolute atomic E-state index is 10.7. The third kappa shape index (κ3) is 3.44. The van der Waals surface area contributed by atoms with Crippen LogP contribution in [0.5, 0.6) is 5.75 Å². The third-order valence-electron chi connectivity index (χ3n) is 1.35. The number of methoxy groups -OCH3 is 1. The van der Waals surface area contributed by atoms with Crippen LogP contribution < -0.4 is 4.74 Å². The van der Waals surface area contributed by atoms with Crippen molar-refractivity contribution in [2.45, 2.75) is 4.90 Å². The molecule has 6 heteroatoms. The zero-order valence-corrected chi connectivity index (χ0v) is 10.1. The van der Waals surface area contributed by atoms with Gasteiger partial charge in [0.05, 0.1) is 7.11 Å². The second-order valence-corrected chi connectivity index (χ2v) is 3.52. The number of hydrogen-bond acceptors (Lipinski definition) is 3. The van der Waals surface area contributed by atoms with Gasteiger partial charge in [-0.1, -0.05) is 12.1 Å². The summed E-state index contributed by atoms with van der Waals surface area (Å²) in [5.41, 5.74) is 0. The van der Waals surface area contributed by atoms with Crippen LogP contribution in [0.15, 0.2) is 29.2 Å². The molecule has 0 unspecified atom stereocenters. The summed E-state index contributed by atoms with van der Waals surface area (Å²) >= 11 is 0. The molecule has 0 fully saturated rings. The van der Waals surface area contributed by atoms with Crippen LogP contribution in [-0.2, 0) is 10.1 Å². The van der Waals surface area contributed by atoms with Gasteiger partial charge in [-0.2, -0.15) is 8.42 Å². The second-order valence-electron chi connectivity index (χ2n) is 2.13. The van der Waals surface area contributed by atoms with Gasteiger partial charge in [-0.05, 0) is 12.1 Å². The Morgan fingerprint density at radius 3 is 2.23 bits per heavy atom. The van der Waals surface area contributed by atoms with E-state index in [1.54, 1.807) is 6.07 Å². The van der Waals surface area contributed by atoms with Crippen LogP contribution in [0.3, 0.4) is 0 Å². The Kier molecular flexibility index (Phi) is 5.24. The van der Waals surface area contributed by atoms with Crippen molar-refractivity contribution in [2.75, 3.05) is 7.11 Å². The predicted octanol–water partition coefficient (Wildman–Crippen LogP) is 0.561. The number of benzene rings is 1. The Bertz CT molecular complexity index is 374. The van der Waals surface area contributed by atoms with Gasteiger partial charge in [0.15, 0.2) is 0 Å². The SMILES string of the molecule is COc1ccccc1S(=O)(=O)O.[Ca]. The molecule has 1 rings (SSSR count). The maximum Gasteiger partial charge on any atom is 0.298 e. The maximum atomic E-state index is 10.7. The van der Waals surface area contributed by atoms with Crippen LogP contribution in [0.4, 0.5) is 0 Å². The van der Waals surface area contributed by atoms with Crippen molar-refractivity contribution in [3.63, 3.8) is 0 Å². The Labute approximate surface area is 107 Å². The van der Waals surface area contributed by atoms with Gasteiger partial charge in [0.2, 0.25) is 0 Å². The topological polar surface area (TPSA) is 63.6 Å². The molecule has 0 heterocycles. The first-order valence-electron chi connectivity index (χ1n) is 3.16. The third-order valence-corrected chi connectivity index (χ3v) is 2.24. The Morgan fingerprint density at radius 1 is 1.31 bits per heavy atom. The van der Waals surface area contributed by atoms with E-state index in [-0.39, 0.29) is 48.4 Å². The molecule has 2 radical (unpaired) electrons. The van der Waals surface area contributed by atoms with Gasteiger partial charge in [0.25, 0.3) is 10.1 Å². The number of para-hydroxylation sites is 1. The standard InChI is InChI=1S/C7H8O4S.Ca/c1-11-6-4-2-3-5-7(6)12(8,9)10;/h2-5H,1H3,(H,8,9,10);. The predicted molar refractivity (Wildman–Crippen MR) is 48.6 cm³/mol. The smallest absolute Gasteiger partial charge is 0.298 e. The Hall–Kier alpha value is 0.190. The number of rotatable bonds is 2. The molecular formula is C7H8CaO4S. The molecule has 0 saturated carbocycles. The molecule has 0 aliphatic heterocycles. The van der Waals surface area contributed by atoms with E-state index in [0.29, 0.717) is 0 Å². The Morgan fingerprint density at radius 2 is 1.85 bits per heavy atom. The van der Waals surface area contributed by atoms with E-state index in [0.717, 1.165) is 0 Å². The van der Waals surface area contributed by atoms with E-state index in [4.69, 9.17) is 9.29 Å². The molecule has 0 aliphatic rings. The van der Waals surface area contributed by atoms with Crippen molar-refractivity contribution >= 4 is 47.9 Å². The monoisotopic (exact) mass is 228 g/mol. The van der Waals surface area contributed by atoms with Crippen molar-refractivity contribution in [3.8, 4) is 5.75 Å². The molecule has 0 saturated heterocycles. The first-order chi connectivity index (χ1) is 5.55. The molecule has 0 atom stereocenters. The van der Waals surface area contributed by atoms with Crippen molar-refractivity contribution in [2.24, 2.45) is 0 Å². The summed E-state index contributed by atoms with van der Waals surface area (Å²) in [6.07, 6.45) is 0. The van der Waals surface area contributed by atoms with E-state index < -0.39 is 10.1 Å². The van der Waals surface area contributed by atoms with E-state index in [1.165, 1.54) is 25.3 Å². The molecule has 4 nitrogen and oxygen atoms in total. The molecule has 68 valence electrons. The van der Waals surface area contributed by atoms with Gasteiger partial charge in [-0.15, -0.1) is 0 Å². The fraction of sp³-hybridized carbons (Fsp3) is 0.143. The average molecular weight is 228 g/mol. The molecule has 0 aliphatic carbocycles. The normalized spacial score (nSPS) is 10.3. The van der Waals surface area contributed by atoms with Gasteiger partial charge in [-0.3, -0.25) is 4.55 Å². The zero-order chi connectivity index (χ0) is 9.19. The molecular weight excluding hydrogens is 220 g/mol. The van der Waals surface area contributed by atoms with Crippen LogP contribution >= 0.6 is 0 Å². The second kappa shape index (κ2) is 5.17. The van der Waals surface area contributed by atoms with E-state index in [2.05, 4.69) is 0 Å². The fourth-order valence-electron chi connectivity index (χ4n) is 0.832. The summed E-state index contributed by atoms with van der Waals surface area (Å²) in [6, 6.07) is 5.86. The molecule has 0 spiro atoms. The van der Waals surface area contributed by atoms with Crippen LogP contribution in [0, 0.1) is 0 Å². The molecule has 1 N–H and O–H groups in total. The van der Waals surface area contributed by atoms with Crippen LogP contribution in [-0.4, -0.2) is 57.8 Å². The average Bonchev–Trinajstić information content (AvgIpc) is 2.03. The first-order valence-corrected chi connectivity index (χ1v) is 4.60. The van der Waals surface area contributed by atoms with Gasteiger partial charge < -0.3 is 4.74 Å². The molecule has 1 aromatic carbocycles. The molecule has 0 bridgehead atoms.